The summed E-state index contributed by atoms with van der Waals surface area (Å²) in [5, 5.41) is 2.82. The van der Waals surface area contributed by atoms with Crippen LogP contribution in [0.15, 0.2) is 42.5 Å². The third-order valence-electron chi connectivity index (χ3n) is 4.77. The molecule has 0 saturated heterocycles. The highest BCUT2D eigenvalue weighted by Crippen LogP contribution is 2.27. The Balaban J connectivity index is 1.45. The van der Waals surface area contributed by atoms with Crippen molar-refractivity contribution in [3.8, 4) is 5.75 Å². The molecule has 0 unspecified atom stereocenters. The molecule has 1 N–H and O–H groups in total. The van der Waals surface area contributed by atoms with Crippen LogP contribution in [0.25, 0.3) is 0 Å². The molecule has 2 aliphatic rings. The van der Waals surface area contributed by atoms with Gasteiger partial charge in [0.15, 0.2) is 6.61 Å². The number of amides is 2. The van der Waals surface area contributed by atoms with E-state index in [0.717, 1.165) is 37.1 Å². The van der Waals surface area contributed by atoms with E-state index in [1.54, 1.807) is 12.1 Å². The molecule has 2 amide bonds. The third kappa shape index (κ3) is 3.09. The zero-order valence-corrected chi connectivity index (χ0v) is 14.0. The fourth-order valence-corrected chi connectivity index (χ4v) is 3.51. The number of nitrogens with zero attached hydrogens (tertiary/aromatic N) is 1. The Labute approximate surface area is 146 Å². The van der Waals surface area contributed by atoms with Gasteiger partial charge < -0.3 is 15.0 Å². The fraction of sp³-hybridized carbons (Fsp3) is 0.300. The number of rotatable bonds is 3. The van der Waals surface area contributed by atoms with Gasteiger partial charge in [0.25, 0.3) is 11.8 Å². The SMILES string of the molecule is O=C1NCCc2cc(OCC(=O)N3CCCc4ccccc43)ccc21. The van der Waals surface area contributed by atoms with Gasteiger partial charge in [0.05, 0.1) is 0 Å². The highest BCUT2D eigenvalue weighted by atomic mass is 16.5. The molecular formula is C20H20N2O3. The Kier molecular flexibility index (Phi) is 4.14. The van der Waals surface area contributed by atoms with Crippen molar-refractivity contribution < 1.29 is 14.3 Å². The van der Waals surface area contributed by atoms with Crippen LogP contribution in [0.4, 0.5) is 5.69 Å². The zero-order valence-electron chi connectivity index (χ0n) is 14.0. The van der Waals surface area contributed by atoms with Gasteiger partial charge in [-0.3, -0.25) is 9.59 Å². The van der Waals surface area contributed by atoms with Gasteiger partial charge in [-0.25, -0.2) is 0 Å². The van der Waals surface area contributed by atoms with Crippen molar-refractivity contribution in [1.82, 2.24) is 5.32 Å². The molecule has 0 aromatic heterocycles. The van der Waals surface area contributed by atoms with Crippen molar-refractivity contribution in [3.05, 3.63) is 59.2 Å². The molecule has 128 valence electrons. The highest BCUT2D eigenvalue weighted by molar-refractivity contribution is 5.97. The van der Waals surface area contributed by atoms with Crippen LogP contribution in [0.5, 0.6) is 5.75 Å². The molecule has 0 bridgehead atoms. The molecule has 0 spiro atoms. The van der Waals surface area contributed by atoms with Gasteiger partial charge in [-0.2, -0.15) is 0 Å². The normalized spacial score (nSPS) is 15.8. The van der Waals surface area contributed by atoms with Gasteiger partial charge in [-0.1, -0.05) is 18.2 Å². The summed E-state index contributed by atoms with van der Waals surface area (Å²) in [6.45, 7) is 1.36. The Morgan fingerprint density at radius 2 is 2.00 bits per heavy atom. The molecule has 0 fully saturated rings. The number of hydrogen-bond donors (Lipinski definition) is 1. The molecule has 5 heteroatoms. The van der Waals surface area contributed by atoms with Crippen molar-refractivity contribution in [1.29, 1.82) is 0 Å². The maximum absolute atomic E-state index is 12.6. The molecule has 4 rings (SSSR count). The number of benzene rings is 2. The van der Waals surface area contributed by atoms with Crippen LogP contribution in [-0.2, 0) is 17.6 Å². The zero-order chi connectivity index (χ0) is 17.2. The van der Waals surface area contributed by atoms with Crippen molar-refractivity contribution in [2.24, 2.45) is 0 Å². The molecule has 25 heavy (non-hydrogen) atoms. The average Bonchev–Trinajstić information content (AvgIpc) is 2.66. The van der Waals surface area contributed by atoms with Crippen LogP contribution >= 0.6 is 0 Å². The smallest absolute Gasteiger partial charge is 0.264 e. The van der Waals surface area contributed by atoms with E-state index in [-0.39, 0.29) is 18.4 Å². The van der Waals surface area contributed by atoms with Gasteiger partial charge >= 0.3 is 0 Å². The van der Waals surface area contributed by atoms with Crippen LogP contribution in [0.2, 0.25) is 0 Å². The number of ether oxygens (including phenoxy) is 1. The van der Waals surface area contributed by atoms with Crippen LogP contribution < -0.4 is 15.0 Å². The maximum atomic E-state index is 12.6. The van der Waals surface area contributed by atoms with Gasteiger partial charge in [0.2, 0.25) is 0 Å². The monoisotopic (exact) mass is 336 g/mol. The number of anilines is 1. The van der Waals surface area contributed by atoms with E-state index in [1.165, 1.54) is 5.56 Å². The number of carbonyl (C=O) groups excluding carboxylic acids is 2. The highest BCUT2D eigenvalue weighted by Gasteiger charge is 2.23. The first-order valence-electron chi connectivity index (χ1n) is 8.64. The van der Waals surface area contributed by atoms with E-state index in [4.69, 9.17) is 4.74 Å². The Morgan fingerprint density at radius 1 is 1.12 bits per heavy atom. The summed E-state index contributed by atoms with van der Waals surface area (Å²) in [5.41, 5.74) is 3.86. The first-order valence-corrected chi connectivity index (χ1v) is 8.64. The minimum Gasteiger partial charge on any atom is -0.484 e. The maximum Gasteiger partial charge on any atom is 0.264 e. The quantitative estimate of drug-likeness (QED) is 0.936. The molecule has 2 aliphatic heterocycles. The van der Waals surface area contributed by atoms with Crippen LogP contribution in [0, 0.1) is 0 Å². The summed E-state index contributed by atoms with van der Waals surface area (Å²) in [7, 11) is 0. The standard InChI is InChI=1S/C20H20N2O3/c23-19(22-11-3-5-14-4-1-2-6-18(14)22)13-25-16-7-8-17-15(12-16)9-10-21-20(17)24/h1-2,4,6-8,12H,3,5,9-11,13H2,(H,21,24). The molecular weight excluding hydrogens is 316 g/mol. The number of carbonyl (C=O) groups is 2. The molecule has 0 saturated carbocycles. The number of fused-ring (bicyclic) bond motifs is 2. The Hall–Kier alpha value is -2.82. The number of para-hydroxylation sites is 1. The second-order valence-electron chi connectivity index (χ2n) is 6.39. The molecule has 0 atom stereocenters. The summed E-state index contributed by atoms with van der Waals surface area (Å²) in [5.74, 6) is 0.545. The summed E-state index contributed by atoms with van der Waals surface area (Å²) in [4.78, 5) is 26.2. The van der Waals surface area contributed by atoms with E-state index < -0.39 is 0 Å². The summed E-state index contributed by atoms with van der Waals surface area (Å²) < 4.78 is 5.71. The summed E-state index contributed by atoms with van der Waals surface area (Å²) in [6, 6.07) is 13.4. The minimum atomic E-state index is -0.0474. The fourth-order valence-electron chi connectivity index (χ4n) is 3.51. The lowest BCUT2D eigenvalue weighted by atomic mass is 10.0. The van der Waals surface area contributed by atoms with Crippen LogP contribution in [0.1, 0.15) is 27.9 Å². The van der Waals surface area contributed by atoms with E-state index >= 15 is 0 Å². The lowest BCUT2D eigenvalue weighted by molar-refractivity contribution is -0.120. The molecule has 5 nitrogen and oxygen atoms in total. The predicted molar refractivity (Wildman–Crippen MR) is 95.1 cm³/mol. The summed E-state index contributed by atoms with van der Waals surface area (Å²) >= 11 is 0. The van der Waals surface area contributed by atoms with Gasteiger partial charge in [0.1, 0.15) is 5.75 Å². The molecule has 2 aromatic rings. The number of aryl methyl sites for hydroxylation is 1. The van der Waals surface area contributed by atoms with Gasteiger partial charge in [-0.05, 0) is 54.7 Å². The van der Waals surface area contributed by atoms with E-state index in [0.29, 0.717) is 17.9 Å². The van der Waals surface area contributed by atoms with Crippen molar-refractivity contribution in [2.75, 3.05) is 24.6 Å². The van der Waals surface area contributed by atoms with Crippen LogP contribution in [0.3, 0.4) is 0 Å². The second kappa shape index (κ2) is 6.59. The van der Waals surface area contributed by atoms with E-state index in [2.05, 4.69) is 11.4 Å². The lowest BCUT2D eigenvalue weighted by Crippen LogP contribution is -2.38. The summed E-state index contributed by atoms with van der Waals surface area (Å²) in [6.07, 6.45) is 2.76. The predicted octanol–water partition coefficient (Wildman–Crippen LogP) is 2.33. The van der Waals surface area contributed by atoms with Crippen LogP contribution in [-0.4, -0.2) is 31.5 Å². The largest absolute Gasteiger partial charge is 0.484 e. The van der Waals surface area contributed by atoms with Gasteiger partial charge in [-0.15, -0.1) is 0 Å². The van der Waals surface area contributed by atoms with E-state index in [1.807, 2.05) is 29.2 Å². The first-order chi connectivity index (χ1) is 12.2. The average molecular weight is 336 g/mol. The third-order valence-corrected chi connectivity index (χ3v) is 4.77. The molecule has 2 heterocycles. The molecule has 0 radical (unpaired) electrons. The van der Waals surface area contributed by atoms with Crippen molar-refractivity contribution in [3.63, 3.8) is 0 Å². The minimum absolute atomic E-state index is 0.000677. The second-order valence-corrected chi connectivity index (χ2v) is 6.39. The first kappa shape index (κ1) is 15.7. The number of hydrogen-bond acceptors (Lipinski definition) is 3. The topological polar surface area (TPSA) is 58.6 Å². The molecule has 0 aliphatic carbocycles. The Bertz CT molecular complexity index is 831. The molecule has 2 aromatic carbocycles. The number of nitrogens with one attached hydrogen (secondary N) is 1. The Morgan fingerprint density at radius 3 is 2.92 bits per heavy atom. The van der Waals surface area contributed by atoms with Gasteiger partial charge in [0, 0.05) is 24.3 Å². The van der Waals surface area contributed by atoms with Crippen molar-refractivity contribution in [2.45, 2.75) is 19.3 Å². The van der Waals surface area contributed by atoms with E-state index in [9.17, 15) is 9.59 Å². The van der Waals surface area contributed by atoms with Crippen molar-refractivity contribution >= 4 is 17.5 Å². The lowest BCUT2D eigenvalue weighted by Gasteiger charge is -2.29.